The molecule has 2 heterocycles. The minimum absolute atomic E-state index is 0.852. The Morgan fingerprint density at radius 2 is 0.963 bits per heavy atom. The van der Waals surface area contributed by atoms with Gasteiger partial charge in [0, 0.05) is 16.7 Å². The number of rotatable bonds is 3. The highest BCUT2D eigenvalue weighted by Gasteiger charge is 2.20. The SMILES string of the molecule is c1ccc(-c2nc(-c3ccccc3)c3nsnc3c2-c2ccccc2)cc1. The molecule has 0 fully saturated rings. The molecule has 0 bridgehead atoms. The Morgan fingerprint density at radius 3 is 1.56 bits per heavy atom. The number of hydrogen-bond donors (Lipinski definition) is 0. The summed E-state index contributed by atoms with van der Waals surface area (Å²) in [4.78, 5) is 5.09. The first-order valence-corrected chi connectivity index (χ1v) is 9.47. The molecule has 5 aromatic rings. The first-order valence-electron chi connectivity index (χ1n) is 8.74. The number of aromatic nitrogens is 3. The summed E-state index contributed by atoms with van der Waals surface area (Å²) in [5.74, 6) is 0. The van der Waals surface area contributed by atoms with Crippen LogP contribution in [0.25, 0.3) is 44.7 Å². The average molecular weight is 365 g/mol. The predicted molar refractivity (Wildman–Crippen MR) is 112 cm³/mol. The molecule has 5 rings (SSSR count). The molecule has 0 saturated heterocycles. The Hall–Kier alpha value is -3.37. The van der Waals surface area contributed by atoms with Gasteiger partial charge in [-0.15, -0.1) is 0 Å². The van der Waals surface area contributed by atoms with Crippen LogP contribution in [0.4, 0.5) is 0 Å². The highest BCUT2D eigenvalue weighted by atomic mass is 32.1. The average Bonchev–Trinajstić information content (AvgIpc) is 3.24. The summed E-state index contributed by atoms with van der Waals surface area (Å²) in [7, 11) is 0. The topological polar surface area (TPSA) is 38.7 Å². The number of pyridine rings is 1. The molecule has 128 valence electrons. The van der Waals surface area contributed by atoms with E-state index in [0.717, 1.165) is 44.7 Å². The van der Waals surface area contributed by atoms with Crippen molar-refractivity contribution in [1.29, 1.82) is 0 Å². The highest BCUT2D eigenvalue weighted by molar-refractivity contribution is 7.00. The fraction of sp³-hybridized carbons (Fsp3) is 0. The molecule has 3 nitrogen and oxygen atoms in total. The molecule has 0 aliphatic carbocycles. The van der Waals surface area contributed by atoms with Crippen LogP contribution in [0.5, 0.6) is 0 Å². The number of benzene rings is 3. The van der Waals surface area contributed by atoms with Gasteiger partial charge in [-0.3, -0.25) is 0 Å². The lowest BCUT2D eigenvalue weighted by Crippen LogP contribution is -1.95. The van der Waals surface area contributed by atoms with Gasteiger partial charge in [0.15, 0.2) is 0 Å². The van der Waals surface area contributed by atoms with Crippen LogP contribution in [0.3, 0.4) is 0 Å². The first-order chi connectivity index (χ1) is 13.4. The van der Waals surface area contributed by atoms with Crippen molar-refractivity contribution in [2.24, 2.45) is 0 Å². The zero-order valence-corrected chi connectivity index (χ0v) is 15.2. The lowest BCUT2D eigenvalue weighted by atomic mass is 9.96. The summed E-state index contributed by atoms with van der Waals surface area (Å²) in [6.07, 6.45) is 0. The fourth-order valence-corrected chi connectivity index (χ4v) is 3.88. The Kier molecular flexibility index (Phi) is 3.96. The van der Waals surface area contributed by atoms with E-state index in [2.05, 4.69) is 45.1 Å². The summed E-state index contributed by atoms with van der Waals surface area (Å²) >= 11 is 1.23. The Labute approximate surface area is 161 Å². The number of nitrogens with zero attached hydrogens (tertiary/aromatic N) is 3. The van der Waals surface area contributed by atoms with Gasteiger partial charge in [0.05, 0.1) is 23.1 Å². The second-order valence-electron chi connectivity index (χ2n) is 6.24. The van der Waals surface area contributed by atoms with E-state index in [1.54, 1.807) is 0 Å². The summed E-state index contributed by atoms with van der Waals surface area (Å²) in [5.41, 5.74) is 7.81. The fourth-order valence-electron chi connectivity index (χ4n) is 3.32. The van der Waals surface area contributed by atoms with Gasteiger partial charge < -0.3 is 0 Å². The largest absolute Gasteiger partial charge is 0.245 e. The van der Waals surface area contributed by atoms with Crippen molar-refractivity contribution in [3.63, 3.8) is 0 Å². The summed E-state index contributed by atoms with van der Waals surface area (Å²) < 4.78 is 9.24. The van der Waals surface area contributed by atoms with Crippen LogP contribution in [-0.4, -0.2) is 13.7 Å². The van der Waals surface area contributed by atoms with E-state index < -0.39 is 0 Å². The van der Waals surface area contributed by atoms with E-state index >= 15 is 0 Å². The molecule has 0 aliphatic heterocycles. The standard InChI is InChI=1S/C23H15N3S/c1-4-10-16(11-5-1)19-20(17-12-6-2-7-13-17)24-21(18-14-8-3-9-15-18)23-22(19)25-27-26-23/h1-15H. The van der Waals surface area contributed by atoms with Crippen molar-refractivity contribution in [1.82, 2.24) is 13.7 Å². The van der Waals surface area contributed by atoms with E-state index in [9.17, 15) is 0 Å². The monoisotopic (exact) mass is 365 g/mol. The molecular weight excluding hydrogens is 350 g/mol. The van der Waals surface area contributed by atoms with Crippen molar-refractivity contribution >= 4 is 22.8 Å². The van der Waals surface area contributed by atoms with Gasteiger partial charge in [0.1, 0.15) is 11.0 Å². The van der Waals surface area contributed by atoms with E-state index in [-0.39, 0.29) is 0 Å². The van der Waals surface area contributed by atoms with E-state index in [0.29, 0.717) is 0 Å². The molecule has 0 atom stereocenters. The van der Waals surface area contributed by atoms with Gasteiger partial charge in [0.25, 0.3) is 0 Å². The summed E-state index contributed by atoms with van der Waals surface area (Å²) in [6, 6.07) is 30.8. The summed E-state index contributed by atoms with van der Waals surface area (Å²) in [5, 5.41) is 0. The molecule has 3 aromatic carbocycles. The van der Waals surface area contributed by atoms with Crippen LogP contribution in [-0.2, 0) is 0 Å². The van der Waals surface area contributed by atoms with Crippen LogP contribution >= 0.6 is 11.7 Å². The van der Waals surface area contributed by atoms with Crippen molar-refractivity contribution in [3.8, 4) is 33.6 Å². The maximum absolute atomic E-state index is 5.09. The van der Waals surface area contributed by atoms with E-state index in [1.165, 1.54) is 11.7 Å². The normalized spacial score (nSPS) is 11.0. The van der Waals surface area contributed by atoms with Gasteiger partial charge >= 0.3 is 0 Å². The second kappa shape index (κ2) is 6.74. The van der Waals surface area contributed by atoms with Crippen LogP contribution in [0.1, 0.15) is 0 Å². The lowest BCUT2D eigenvalue weighted by Gasteiger charge is -2.13. The Balaban J connectivity index is 1.90. The van der Waals surface area contributed by atoms with E-state index in [1.807, 2.05) is 54.6 Å². The third-order valence-electron chi connectivity index (χ3n) is 4.57. The van der Waals surface area contributed by atoms with Crippen LogP contribution < -0.4 is 0 Å². The molecule has 4 heteroatoms. The Bertz CT molecular complexity index is 1200. The minimum Gasteiger partial charge on any atom is -0.245 e. The van der Waals surface area contributed by atoms with Crippen molar-refractivity contribution in [2.45, 2.75) is 0 Å². The first kappa shape index (κ1) is 15.9. The molecule has 0 spiro atoms. The van der Waals surface area contributed by atoms with Gasteiger partial charge in [-0.1, -0.05) is 91.0 Å². The molecular formula is C23H15N3S. The quantitative estimate of drug-likeness (QED) is 0.388. The maximum Gasteiger partial charge on any atom is 0.131 e. The van der Waals surface area contributed by atoms with Crippen molar-refractivity contribution in [3.05, 3.63) is 91.0 Å². The number of hydrogen-bond acceptors (Lipinski definition) is 4. The van der Waals surface area contributed by atoms with Crippen LogP contribution in [0.2, 0.25) is 0 Å². The molecule has 0 radical (unpaired) electrons. The molecule has 0 unspecified atom stereocenters. The predicted octanol–water partition coefficient (Wildman–Crippen LogP) is 6.09. The molecule has 0 saturated carbocycles. The van der Waals surface area contributed by atoms with Gasteiger partial charge in [-0.25, -0.2) is 4.98 Å². The molecule has 2 aromatic heterocycles. The third kappa shape index (κ3) is 2.80. The third-order valence-corrected chi connectivity index (χ3v) is 5.10. The molecule has 0 amide bonds. The maximum atomic E-state index is 5.09. The van der Waals surface area contributed by atoms with Crippen LogP contribution in [0.15, 0.2) is 91.0 Å². The number of fused-ring (bicyclic) bond motifs is 1. The van der Waals surface area contributed by atoms with Crippen LogP contribution in [0, 0.1) is 0 Å². The highest BCUT2D eigenvalue weighted by Crippen LogP contribution is 2.39. The molecule has 0 aliphatic rings. The van der Waals surface area contributed by atoms with Gasteiger partial charge in [0.2, 0.25) is 0 Å². The van der Waals surface area contributed by atoms with Gasteiger partial charge in [-0.2, -0.15) is 8.75 Å². The lowest BCUT2D eigenvalue weighted by molar-refractivity contribution is 1.34. The van der Waals surface area contributed by atoms with Gasteiger partial charge in [-0.05, 0) is 5.56 Å². The zero-order valence-electron chi connectivity index (χ0n) is 14.4. The van der Waals surface area contributed by atoms with E-state index in [4.69, 9.17) is 4.98 Å². The van der Waals surface area contributed by atoms with Crippen molar-refractivity contribution in [2.75, 3.05) is 0 Å². The zero-order chi connectivity index (χ0) is 18.1. The second-order valence-corrected chi connectivity index (χ2v) is 6.77. The molecule has 27 heavy (non-hydrogen) atoms. The van der Waals surface area contributed by atoms with Crippen molar-refractivity contribution < 1.29 is 0 Å². The minimum atomic E-state index is 0.852. The summed E-state index contributed by atoms with van der Waals surface area (Å²) in [6.45, 7) is 0. The smallest absolute Gasteiger partial charge is 0.131 e. The Morgan fingerprint density at radius 1 is 0.481 bits per heavy atom. The molecule has 0 N–H and O–H groups in total.